The fourth-order valence-corrected chi connectivity index (χ4v) is 5.27. The molecule has 0 amide bonds. The zero-order chi connectivity index (χ0) is 12.7. The van der Waals surface area contributed by atoms with Gasteiger partial charge in [-0.1, -0.05) is 6.92 Å². The van der Waals surface area contributed by atoms with Gasteiger partial charge in [0.1, 0.15) is 0 Å². The smallest absolute Gasteiger partial charge is 0.0416 e. The van der Waals surface area contributed by atoms with Crippen molar-refractivity contribution in [3.05, 3.63) is 20.8 Å². The lowest BCUT2D eigenvalue weighted by Crippen LogP contribution is -2.36. The van der Waals surface area contributed by atoms with Gasteiger partial charge in [-0.05, 0) is 60.3 Å². The number of nitrogens with zero attached hydrogens (tertiary/aromatic N) is 1. The van der Waals surface area contributed by atoms with Gasteiger partial charge in [-0.25, -0.2) is 0 Å². The van der Waals surface area contributed by atoms with Crippen LogP contribution in [0, 0.1) is 11.8 Å². The molecule has 1 N–H and O–H groups in total. The molecule has 0 bridgehead atoms. The van der Waals surface area contributed by atoms with E-state index in [1.54, 1.807) is 0 Å². The maximum absolute atomic E-state index is 3.57. The Bertz CT molecular complexity index is 420. The van der Waals surface area contributed by atoms with Crippen molar-refractivity contribution in [3.8, 4) is 0 Å². The molecule has 2 aliphatic rings. The average molecular weight is 329 g/mol. The number of halogens is 1. The lowest BCUT2D eigenvalue weighted by Gasteiger charge is -2.31. The Kier molecular flexibility index (Phi) is 3.81. The first-order valence-electron chi connectivity index (χ1n) is 6.91. The molecule has 4 atom stereocenters. The van der Waals surface area contributed by atoms with Crippen molar-refractivity contribution >= 4 is 27.3 Å². The topological polar surface area (TPSA) is 15.3 Å². The van der Waals surface area contributed by atoms with Crippen LogP contribution in [0.4, 0.5) is 0 Å². The molecule has 4 heteroatoms. The summed E-state index contributed by atoms with van der Waals surface area (Å²) in [6, 6.07) is 3.62. The summed E-state index contributed by atoms with van der Waals surface area (Å²) >= 11 is 5.45. The Morgan fingerprint density at radius 1 is 1.56 bits per heavy atom. The van der Waals surface area contributed by atoms with Crippen LogP contribution in [0.15, 0.2) is 15.9 Å². The molecule has 2 saturated heterocycles. The summed E-state index contributed by atoms with van der Waals surface area (Å²) in [6.45, 7) is 8.43. The van der Waals surface area contributed by atoms with Gasteiger partial charge in [-0.3, -0.25) is 4.90 Å². The number of thiophene rings is 1. The quantitative estimate of drug-likeness (QED) is 0.913. The van der Waals surface area contributed by atoms with Crippen molar-refractivity contribution in [1.29, 1.82) is 0 Å². The molecule has 100 valence electrons. The molecule has 4 unspecified atom stereocenters. The van der Waals surface area contributed by atoms with E-state index in [0.29, 0.717) is 6.04 Å². The number of hydrogen-bond acceptors (Lipinski definition) is 3. The van der Waals surface area contributed by atoms with Gasteiger partial charge in [0.05, 0.1) is 0 Å². The summed E-state index contributed by atoms with van der Waals surface area (Å²) in [5, 5.41) is 5.76. The van der Waals surface area contributed by atoms with E-state index in [4.69, 9.17) is 0 Å². The van der Waals surface area contributed by atoms with Crippen molar-refractivity contribution in [2.45, 2.75) is 32.4 Å². The van der Waals surface area contributed by atoms with Gasteiger partial charge in [0, 0.05) is 33.4 Å². The summed E-state index contributed by atoms with van der Waals surface area (Å²) < 4.78 is 1.23. The molecule has 0 aromatic carbocycles. The minimum absolute atomic E-state index is 0.567. The van der Waals surface area contributed by atoms with Gasteiger partial charge in [0.25, 0.3) is 0 Å². The van der Waals surface area contributed by atoms with Crippen LogP contribution in [-0.2, 0) is 0 Å². The Morgan fingerprint density at radius 2 is 2.39 bits per heavy atom. The van der Waals surface area contributed by atoms with Crippen LogP contribution in [0.25, 0.3) is 0 Å². The van der Waals surface area contributed by atoms with E-state index in [1.807, 2.05) is 11.3 Å². The third-order valence-corrected chi connectivity index (χ3v) is 6.54. The maximum atomic E-state index is 3.57. The Balaban J connectivity index is 1.79. The highest BCUT2D eigenvalue weighted by Crippen LogP contribution is 2.40. The van der Waals surface area contributed by atoms with E-state index in [9.17, 15) is 0 Å². The van der Waals surface area contributed by atoms with E-state index >= 15 is 0 Å². The Labute approximate surface area is 122 Å². The van der Waals surface area contributed by atoms with E-state index in [-0.39, 0.29) is 0 Å². The minimum atomic E-state index is 0.567. The number of fused-ring (bicyclic) bond motifs is 1. The maximum Gasteiger partial charge on any atom is 0.0416 e. The molecule has 1 aromatic rings. The van der Waals surface area contributed by atoms with E-state index in [2.05, 4.69) is 51.4 Å². The molecule has 0 radical (unpaired) electrons. The summed E-state index contributed by atoms with van der Waals surface area (Å²) in [4.78, 5) is 4.24. The summed E-state index contributed by atoms with van der Waals surface area (Å²) in [5.41, 5.74) is 0. The summed E-state index contributed by atoms with van der Waals surface area (Å²) in [7, 11) is 0. The molecular formula is C14H21BrN2S. The molecule has 2 fully saturated rings. The van der Waals surface area contributed by atoms with Gasteiger partial charge in [0.2, 0.25) is 0 Å². The first-order chi connectivity index (χ1) is 8.70. The van der Waals surface area contributed by atoms with E-state index < -0.39 is 0 Å². The molecule has 0 aliphatic carbocycles. The second-order valence-corrected chi connectivity index (χ2v) is 7.46. The van der Waals surface area contributed by atoms with Crippen LogP contribution in [0.2, 0.25) is 0 Å². The highest BCUT2D eigenvalue weighted by molar-refractivity contribution is 9.10. The van der Waals surface area contributed by atoms with Crippen LogP contribution in [0.3, 0.4) is 0 Å². The van der Waals surface area contributed by atoms with E-state index in [0.717, 1.165) is 17.9 Å². The van der Waals surface area contributed by atoms with Gasteiger partial charge in [0.15, 0.2) is 0 Å². The van der Waals surface area contributed by atoms with Crippen molar-refractivity contribution in [1.82, 2.24) is 10.2 Å². The average Bonchev–Trinajstić information content (AvgIpc) is 3.01. The predicted octanol–water partition coefficient (Wildman–Crippen LogP) is 3.50. The molecule has 1 aromatic heterocycles. The fourth-order valence-electron chi connectivity index (χ4n) is 3.75. The van der Waals surface area contributed by atoms with Crippen LogP contribution >= 0.6 is 27.3 Å². The standard InChI is InChI=1S/C14H21BrN2S/c1-3-13-12-6-16-5-10(12)7-17(13)9(2)14-4-11(15)8-18-14/h4,8-10,12-13,16H,3,5-7H2,1-2H3. The van der Waals surface area contributed by atoms with Gasteiger partial charge in [-0.2, -0.15) is 0 Å². The second kappa shape index (κ2) is 5.23. The van der Waals surface area contributed by atoms with Crippen LogP contribution in [0.1, 0.15) is 31.2 Å². The van der Waals surface area contributed by atoms with Crippen molar-refractivity contribution in [2.75, 3.05) is 19.6 Å². The van der Waals surface area contributed by atoms with Crippen molar-refractivity contribution in [3.63, 3.8) is 0 Å². The monoisotopic (exact) mass is 328 g/mol. The lowest BCUT2D eigenvalue weighted by atomic mass is 9.92. The normalized spacial score (nSPS) is 33.8. The number of likely N-dealkylation sites (tertiary alicyclic amines) is 1. The first-order valence-corrected chi connectivity index (χ1v) is 8.58. The van der Waals surface area contributed by atoms with Crippen LogP contribution in [0.5, 0.6) is 0 Å². The first kappa shape index (κ1) is 13.1. The minimum Gasteiger partial charge on any atom is -0.316 e. The Morgan fingerprint density at radius 3 is 3.06 bits per heavy atom. The molecule has 0 saturated carbocycles. The summed E-state index contributed by atoms with van der Waals surface area (Å²) in [5.74, 6) is 1.75. The number of rotatable bonds is 3. The van der Waals surface area contributed by atoms with Crippen molar-refractivity contribution in [2.24, 2.45) is 11.8 Å². The fraction of sp³-hybridized carbons (Fsp3) is 0.714. The van der Waals surface area contributed by atoms with Gasteiger partial charge >= 0.3 is 0 Å². The van der Waals surface area contributed by atoms with Gasteiger partial charge in [-0.15, -0.1) is 11.3 Å². The predicted molar refractivity (Wildman–Crippen MR) is 81.1 cm³/mol. The lowest BCUT2D eigenvalue weighted by molar-refractivity contribution is 0.168. The molecule has 2 nitrogen and oxygen atoms in total. The van der Waals surface area contributed by atoms with Crippen LogP contribution < -0.4 is 5.32 Å². The molecule has 18 heavy (non-hydrogen) atoms. The SMILES string of the molecule is CCC1C2CNCC2CN1C(C)c1cc(Br)cs1. The highest BCUT2D eigenvalue weighted by Gasteiger charge is 2.44. The molecule has 2 aliphatic heterocycles. The molecule has 3 heterocycles. The van der Waals surface area contributed by atoms with Crippen molar-refractivity contribution < 1.29 is 0 Å². The Hall–Kier alpha value is 0.1000. The second-order valence-electron chi connectivity index (χ2n) is 5.60. The van der Waals surface area contributed by atoms with Crippen LogP contribution in [-0.4, -0.2) is 30.6 Å². The largest absolute Gasteiger partial charge is 0.316 e. The highest BCUT2D eigenvalue weighted by atomic mass is 79.9. The number of nitrogens with one attached hydrogen (secondary N) is 1. The molecule has 3 rings (SSSR count). The molecule has 0 spiro atoms. The zero-order valence-electron chi connectivity index (χ0n) is 11.0. The van der Waals surface area contributed by atoms with Gasteiger partial charge < -0.3 is 5.32 Å². The number of hydrogen-bond donors (Lipinski definition) is 1. The zero-order valence-corrected chi connectivity index (χ0v) is 13.4. The summed E-state index contributed by atoms with van der Waals surface area (Å²) in [6.07, 6.45) is 1.28. The third kappa shape index (κ3) is 2.17. The third-order valence-electron chi connectivity index (χ3n) is 4.67. The molecular weight excluding hydrogens is 308 g/mol. The van der Waals surface area contributed by atoms with E-state index in [1.165, 1.54) is 35.4 Å².